The van der Waals surface area contributed by atoms with Crippen LogP contribution in [-0.2, 0) is 15.9 Å². The molecule has 0 fully saturated rings. The zero-order valence-electron chi connectivity index (χ0n) is 8.81. The van der Waals surface area contributed by atoms with Crippen LogP contribution < -0.4 is 0 Å². The van der Waals surface area contributed by atoms with Gasteiger partial charge >= 0.3 is 0 Å². The summed E-state index contributed by atoms with van der Waals surface area (Å²) in [7, 11) is -1.26. The van der Waals surface area contributed by atoms with Gasteiger partial charge in [0.1, 0.15) is 5.15 Å². The van der Waals surface area contributed by atoms with Crippen molar-refractivity contribution in [2.24, 2.45) is 0 Å². The number of nitrogens with zero attached hydrogens (tertiary/aromatic N) is 3. The van der Waals surface area contributed by atoms with Crippen LogP contribution in [0, 0.1) is 11.5 Å². The fourth-order valence-corrected chi connectivity index (χ4v) is 2.88. The Bertz CT molecular complexity index is 486. The van der Waals surface area contributed by atoms with E-state index in [0.717, 1.165) is 4.31 Å². The molecular weight excluding hydrogens is 269 g/mol. The molecule has 0 amide bonds. The third kappa shape index (κ3) is 3.08. The minimum absolute atomic E-state index is 0.195. The van der Waals surface area contributed by atoms with Crippen molar-refractivity contribution < 1.29 is 4.21 Å². The van der Waals surface area contributed by atoms with Crippen molar-refractivity contribution in [2.75, 3.05) is 13.3 Å². The van der Waals surface area contributed by atoms with E-state index in [1.54, 1.807) is 0 Å². The summed E-state index contributed by atoms with van der Waals surface area (Å²) in [5, 5.41) is 9.39. The van der Waals surface area contributed by atoms with E-state index in [1.165, 1.54) is 25.6 Å². The average Bonchev–Trinajstić information content (AvgIpc) is 2.21. The number of aromatic nitrogens is 1. The van der Waals surface area contributed by atoms with Crippen LogP contribution in [0.5, 0.6) is 0 Å². The highest BCUT2D eigenvalue weighted by Crippen LogP contribution is 2.23. The van der Waals surface area contributed by atoms with Crippen LogP contribution in [0.2, 0.25) is 10.2 Å². The molecule has 7 heteroatoms. The van der Waals surface area contributed by atoms with Crippen molar-refractivity contribution in [3.05, 3.63) is 28.0 Å². The molecule has 1 rings (SSSR count). The molecule has 0 saturated heterocycles. The molecule has 0 unspecified atom stereocenters. The van der Waals surface area contributed by atoms with Gasteiger partial charge in [0.05, 0.1) is 0 Å². The van der Waals surface area contributed by atoms with Crippen LogP contribution >= 0.6 is 23.2 Å². The molecule has 0 aliphatic rings. The number of hydrogen-bond donors (Lipinski definition) is 1. The molecule has 1 heterocycles. The maximum atomic E-state index is 12.1. The normalized spacial score (nSPS) is 11.9. The molecule has 4 nitrogen and oxygen atoms in total. The zero-order chi connectivity index (χ0) is 12.3. The summed E-state index contributed by atoms with van der Waals surface area (Å²) < 4.78 is 13.3. The zero-order valence-corrected chi connectivity index (χ0v) is 11.2. The lowest BCUT2D eigenvalue weighted by Gasteiger charge is -2.25. The molecule has 0 N–H and O–H groups in total. The second kappa shape index (κ2) is 5.00. The van der Waals surface area contributed by atoms with Gasteiger partial charge in [0, 0.05) is 35.8 Å². The van der Waals surface area contributed by atoms with E-state index in [-0.39, 0.29) is 10.9 Å². The standard InChI is InChI=1S/C9H11Cl2N3OS/c1-14(6-12)16(2,15)5-7-4-13-9(11)3-8(7)10/h3-4,16H,5H2,1-2H3. The van der Waals surface area contributed by atoms with Crippen molar-refractivity contribution in [1.82, 2.24) is 9.29 Å². The summed E-state index contributed by atoms with van der Waals surface area (Å²) in [6.45, 7) is 0. The molecule has 16 heavy (non-hydrogen) atoms. The van der Waals surface area contributed by atoms with Crippen molar-refractivity contribution in [3.8, 4) is 6.19 Å². The summed E-state index contributed by atoms with van der Waals surface area (Å²) in [6.07, 6.45) is 4.84. The van der Waals surface area contributed by atoms with Gasteiger partial charge < -0.3 is 0 Å². The Morgan fingerprint density at radius 3 is 2.75 bits per heavy atom. The molecule has 88 valence electrons. The predicted molar refractivity (Wildman–Crippen MR) is 66.8 cm³/mol. The van der Waals surface area contributed by atoms with E-state index >= 15 is 0 Å². The van der Waals surface area contributed by atoms with Gasteiger partial charge in [0.15, 0.2) is 6.19 Å². The highest BCUT2D eigenvalue weighted by atomic mass is 35.5. The molecule has 0 aromatic carbocycles. The summed E-state index contributed by atoms with van der Waals surface area (Å²) in [5.41, 5.74) is 0.624. The van der Waals surface area contributed by atoms with Crippen molar-refractivity contribution in [3.63, 3.8) is 0 Å². The summed E-state index contributed by atoms with van der Waals surface area (Å²) in [6, 6.07) is 1.49. The highest BCUT2D eigenvalue weighted by molar-refractivity contribution is 7.99. The molecule has 0 bridgehead atoms. The Labute approximate surface area is 105 Å². The van der Waals surface area contributed by atoms with Gasteiger partial charge in [-0.05, 0) is 16.2 Å². The Morgan fingerprint density at radius 1 is 1.62 bits per heavy atom. The Kier molecular flexibility index (Phi) is 4.14. The largest absolute Gasteiger partial charge is 0.266 e. The first-order chi connectivity index (χ1) is 7.36. The Balaban J connectivity index is 2.98. The van der Waals surface area contributed by atoms with E-state index in [4.69, 9.17) is 28.5 Å². The Hall–Kier alpha value is -0.830. The van der Waals surface area contributed by atoms with Crippen molar-refractivity contribution >= 4 is 33.3 Å². The minimum atomic E-state index is -2.74. The van der Waals surface area contributed by atoms with Gasteiger partial charge in [-0.1, -0.05) is 23.2 Å². The lowest BCUT2D eigenvalue weighted by Crippen LogP contribution is -2.30. The first-order valence-corrected chi connectivity index (χ1v) is 7.42. The molecule has 0 saturated carbocycles. The maximum Gasteiger partial charge on any atom is 0.190 e. The van der Waals surface area contributed by atoms with Gasteiger partial charge in [-0.2, -0.15) is 5.26 Å². The number of halogens is 2. The van der Waals surface area contributed by atoms with Crippen molar-refractivity contribution in [2.45, 2.75) is 5.75 Å². The van der Waals surface area contributed by atoms with Crippen LogP contribution in [0.15, 0.2) is 12.3 Å². The van der Waals surface area contributed by atoms with Crippen LogP contribution in [0.4, 0.5) is 0 Å². The number of hydrogen-bond acceptors (Lipinski definition) is 3. The van der Waals surface area contributed by atoms with E-state index < -0.39 is 10.1 Å². The molecule has 0 aliphatic heterocycles. The lowest BCUT2D eigenvalue weighted by atomic mass is 10.3. The molecular formula is C9H11Cl2N3OS. The van der Waals surface area contributed by atoms with Gasteiger partial charge in [-0.25, -0.2) is 4.98 Å². The number of nitriles is 1. The van der Waals surface area contributed by atoms with Gasteiger partial charge in [0.25, 0.3) is 0 Å². The fraction of sp³-hybridized carbons (Fsp3) is 0.333. The third-order valence-corrected chi connectivity index (χ3v) is 4.98. The van der Waals surface area contributed by atoms with E-state index in [2.05, 4.69) is 4.98 Å². The molecule has 0 radical (unpaired) electrons. The monoisotopic (exact) mass is 279 g/mol. The van der Waals surface area contributed by atoms with Gasteiger partial charge in [-0.3, -0.25) is 8.51 Å². The van der Waals surface area contributed by atoms with Crippen LogP contribution in [0.1, 0.15) is 5.56 Å². The summed E-state index contributed by atoms with van der Waals surface area (Å²) in [4.78, 5) is 3.87. The van der Waals surface area contributed by atoms with Crippen molar-refractivity contribution in [1.29, 1.82) is 5.26 Å². The quantitative estimate of drug-likeness (QED) is 0.398. The smallest absolute Gasteiger partial charge is 0.190 e. The molecule has 0 aliphatic carbocycles. The minimum Gasteiger partial charge on any atom is -0.266 e. The van der Waals surface area contributed by atoms with E-state index in [9.17, 15) is 4.21 Å². The topological polar surface area (TPSA) is 57.0 Å². The van der Waals surface area contributed by atoms with Gasteiger partial charge in [0.2, 0.25) is 0 Å². The Morgan fingerprint density at radius 2 is 2.25 bits per heavy atom. The fourth-order valence-electron chi connectivity index (χ4n) is 1.07. The SMILES string of the molecule is CN(C#N)[SH](C)(=O)Cc1cnc(Cl)cc1Cl. The maximum absolute atomic E-state index is 12.1. The number of thiol groups is 1. The highest BCUT2D eigenvalue weighted by Gasteiger charge is 2.16. The van der Waals surface area contributed by atoms with Crippen LogP contribution in [0.3, 0.4) is 0 Å². The molecule has 1 aromatic rings. The molecule has 0 atom stereocenters. The number of pyridine rings is 1. The average molecular weight is 280 g/mol. The second-order valence-electron chi connectivity index (χ2n) is 3.43. The second-order valence-corrected chi connectivity index (χ2v) is 7.24. The van der Waals surface area contributed by atoms with E-state index in [1.807, 2.05) is 6.19 Å². The summed E-state index contributed by atoms with van der Waals surface area (Å²) in [5.74, 6) is 0.195. The van der Waals surface area contributed by atoms with E-state index in [0.29, 0.717) is 10.6 Å². The predicted octanol–water partition coefficient (Wildman–Crippen LogP) is 1.86. The molecule has 0 spiro atoms. The number of rotatable bonds is 3. The first kappa shape index (κ1) is 13.2. The molecule has 1 aromatic heterocycles. The third-order valence-electron chi connectivity index (χ3n) is 2.14. The van der Waals surface area contributed by atoms with Crippen LogP contribution in [0.25, 0.3) is 0 Å². The van der Waals surface area contributed by atoms with Gasteiger partial charge in [-0.15, -0.1) is 0 Å². The lowest BCUT2D eigenvalue weighted by molar-refractivity contribution is 0.620. The summed E-state index contributed by atoms with van der Waals surface area (Å²) >= 11 is 11.6. The van der Waals surface area contributed by atoms with Crippen LogP contribution in [-0.4, -0.2) is 26.8 Å². The first-order valence-electron chi connectivity index (χ1n) is 4.37.